The number of thiocarbonyl (C=S) groups is 1. The highest BCUT2D eigenvalue weighted by Gasteiger charge is 2.11. The van der Waals surface area contributed by atoms with Crippen LogP contribution in [0.15, 0.2) is 47.1 Å². The van der Waals surface area contributed by atoms with Crippen LogP contribution in [0.5, 0.6) is 0 Å². The van der Waals surface area contributed by atoms with Gasteiger partial charge in [-0.25, -0.2) is 4.79 Å². The van der Waals surface area contributed by atoms with E-state index in [1.807, 2.05) is 0 Å². The topological polar surface area (TPSA) is 80.6 Å². The number of nitrogens with one attached hydrogen (secondary N) is 2. The predicted molar refractivity (Wildman–Crippen MR) is 80.2 cm³/mol. The van der Waals surface area contributed by atoms with Crippen LogP contribution in [0.25, 0.3) is 0 Å². The molecule has 2 rings (SSSR count). The predicted octanol–water partition coefficient (Wildman–Crippen LogP) is 2.19. The molecule has 0 spiro atoms. The lowest BCUT2D eigenvalue weighted by Crippen LogP contribution is -2.33. The number of carbonyl (C=O) groups excluding carboxylic acids is 2. The van der Waals surface area contributed by atoms with Crippen LogP contribution in [0.4, 0.5) is 5.69 Å². The van der Waals surface area contributed by atoms with Crippen molar-refractivity contribution in [3.63, 3.8) is 0 Å². The Balaban J connectivity index is 2.00. The van der Waals surface area contributed by atoms with Crippen molar-refractivity contribution in [2.45, 2.75) is 0 Å². The summed E-state index contributed by atoms with van der Waals surface area (Å²) in [5.41, 5.74) is 0.935. The van der Waals surface area contributed by atoms with Gasteiger partial charge in [0.1, 0.15) is 0 Å². The number of anilines is 1. The highest BCUT2D eigenvalue weighted by Crippen LogP contribution is 2.11. The molecule has 0 saturated carbocycles. The molecule has 0 aliphatic rings. The first kappa shape index (κ1) is 14.7. The molecule has 21 heavy (non-hydrogen) atoms. The number of hydrogen-bond acceptors (Lipinski definition) is 5. The zero-order valence-electron chi connectivity index (χ0n) is 11.1. The molecule has 1 heterocycles. The number of benzene rings is 1. The number of rotatable bonds is 3. The van der Waals surface area contributed by atoms with E-state index in [1.165, 1.54) is 19.4 Å². The molecule has 0 aliphatic carbocycles. The van der Waals surface area contributed by atoms with E-state index in [9.17, 15) is 9.59 Å². The quantitative estimate of drug-likeness (QED) is 0.668. The summed E-state index contributed by atoms with van der Waals surface area (Å²) in [6.07, 6.45) is 1.39. The van der Waals surface area contributed by atoms with Crippen LogP contribution in [-0.2, 0) is 4.74 Å². The number of hydrogen-bond donors (Lipinski definition) is 2. The van der Waals surface area contributed by atoms with Gasteiger partial charge in [-0.2, -0.15) is 0 Å². The van der Waals surface area contributed by atoms with E-state index in [4.69, 9.17) is 16.6 Å². The Labute approximate surface area is 126 Å². The Kier molecular flexibility index (Phi) is 4.68. The maximum atomic E-state index is 11.7. The van der Waals surface area contributed by atoms with Crippen molar-refractivity contribution in [2.24, 2.45) is 0 Å². The minimum absolute atomic E-state index is 0.0958. The van der Waals surface area contributed by atoms with Crippen LogP contribution in [0, 0.1) is 0 Å². The minimum Gasteiger partial charge on any atom is -0.465 e. The van der Waals surface area contributed by atoms with E-state index >= 15 is 0 Å². The summed E-state index contributed by atoms with van der Waals surface area (Å²) in [5.74, 6) is -0.756. The fourth-order valence-corrected chi connectivity index (χ4v) is 1.79. The lowest BCUT2D eigenvalue weighted by atomic mass is 10.2. The molecule has 0 bridgehead atoms. The molecule has 0 unspecified atom stereocenters. The Morgan fingerprint density at radius 1 is 1.24 bits per heavy atom. The van der Waals surface area contributed by atoms with Crippen molar-refractivity contribution in [1.29, 1.82) is 0 Å². The molecule has 2 aromatic rings. The van der Waals surface area contributed by atoms with Gasteiger partial charge in [-0.1, -0.05) is 6.07 Å². The molecule has 6 nitrogen and oxygen atoms in total. The lowest BCUT2D eigenvalue weighted by molar-refractivity contribution is 0.0600. The number of amides is 1. The molecule has 0 radical (unpaired) electrons. The maximum absolute atomic E-state index is 11.7. The molecule has 0 aliphatic heterocycles. The Hall–Kier alpha value is -2.67. The Morgan fingerprint density at radius 2 is 2.05 bits per heavy atom. The van der Waals surface area contributed by atoms with Crippen LogP contribution in [0.3, 0.4) is 0 Å². The van der Waals surface area contributed by atoms with Crippen molar-refractivity contribution < 1.29 is 18.7 Å². The standard InChI is InChI=1S/C14H12N2O4S/c1-19-13(18)9-4-2-5-10(8-9)15-14(21)16-12(17)11-6-3-7-20-11/h2-8H,1H3,(H2,15,16,17,21). The van der Waals surface area contributed by atoms with Gasteiger partial charge < -0.3 is 14.5 Å². The molecule has 0 fully saturated rings. The first-order valence-electron chi connectivity index (χ1n) is 5.94. The minimum atomic E-state index is -0.457. The molecular formula is C14H12N2O4S. The van der Waals surface area contributed by atoms with Gasteiger partial charge in [0.2, 0.25) is 0 Å². The summed E-state index contributed by atoms with van der Waals surface area (Å²) in [5, 5.41) is 5.36. The molecule has 1 aromatic heterocycles. The van der Waals surface area contributed by atoms with Crippen molar-refractivity contribution in [2.75, 3.05) is 12.4 Å². The van der Waals surface area contributed by atoms with Gasteiger partial charge in [0.05, 0.1) is 18.9 Å². The number of esters is 1. The molecule has 0 atom stereocenters. The lowest BCUT2D eigenvalue weighted by Gasteiger charge is -2.09. The first-order valence-corrected chi connectivity index (χ1v) is 6.35. The van der Waals surface area contributed by atoms with E-state index in [-0.39, 0.29) is 10.9 Å². The third-order valence-corrected chi connectivity index (χ3v) is 2.72. The normalized spacial score (nSPS) is 9.76. The summed E-state index contributed by atoms with van der Waals surface area (Å²) < 4.78 is 9.58. The SMILES string of the molecule is COC(=O)c1cccc(NC(=S)NC(=O)c2ccco2)c1. The van der Waals surface area contributed by atoms with E-state index < -0.39 is 11.9 Å². The summed E-state index contributed by atoms with van der Waals surface area (Å²) in [7, 11) is 1.30. The highest BCUT2D eigenvalue weighted by atomic mass is 32.1. The first-order chi connectivity index (χ1) is 10.1. The Bertz CT molecular complexity index is 667. The molecule has 1 amide bonds. The zero-order chi connectivity index (χ0) is 15.2. The van der Waals surface area contributed by atoms with Crippen LogP contribution in [0.2, 0.25) is 0 Å². The second-order valence-electron chi connectivity index (χ2n) is 3.96. The molecule has 2 N–H and O–H groups in total. The number of carbonyl (C=O) groups is 2. The van der Waals surface area contributed by atoms with Crippen molar-refractivity contribution in [3.8, 4) is 0 Å². The van der Waals surface area contributed by atoms with Crippen molar-refractivity contribution >= 4 is 34.9 Å². The molecule has 108 valence electrons. The number of furan rings is 1. The van der Waals surface area contributed by atoms with Gasteiger partial charge >= 0.3 is 5.97 Å². The zero-order valence-corrected chi connectivity index (χ0v) is 11.9. The summed E-state index contributed by atoms with van der Waals surface area (Å²) in [4.78, 5) is 23.1. The van der Waals surface area contributed by atoms with Crippen LogP contribution in [-0.4, -0.2) is 24.1 Å². The molecule has 1 aromatic carbocycles. The third-order valence-electron chi connectivity index (χ3n) is 2.51. The van der Waals surface area contributed by atoms with E-state index in [1.54, 1.807) is 30.3 Å². The van der Waals surface area contributed by atoms with Gasteiger partial charge in [0, 0.05) is 5.69 Å². The maximum Gasteiger partial charge on any atom is 0.337 e. The van der Waals surface area contributed by atoms with Gasteiger partial charge in [0.25, 0.3) is 5.91 Å². The average Bonchev–Trinajstić information content (AvgIpc) is 3.00. The fraction of sp³-hybridized carbons (Fsp3) is 0.0714. The van der Waals surface area contributed by atoms with E-state index in [0.29, 0.717) is 11.3 Å². The smallest absolute Gasteiger partial charge is 0.337 e. The molecule has 7 heteroatoms. The average molecular weight is 304 g/mol. The summed E-state index contributed by atoms with van der Waals surface area (Å²) >= 11 is 5.02. The molecular weight excluding hydrogens is 292 g/mol. The largest absolute Gasteiger partial charge is 0.465 e. The van der Waals surface area contributed by atoms with Crippen molar-refractivity contribution in [3.05, 3.63) is 54.0 Å². The van der Waals surface area contributed by atoms with Gasteiger partial charge in [0.15, 0.2) is 10.9 Å². The molecule has 0 saturated heterocycles. The second kappa shape index (κ2) is 6.67. The van der Waals surface area contributed by atoms with Crippen LogP contribution >= 0.6 is 12.2 Å². The van der Waals surface area contributed by atoms with E-state index in [0.717, 1.165) is 0 Å². The van der Waals surface area contributed by atoms with Gasteiger partial charge in [-0.15, -0.1) is 0 Å². The van der Waals surface area contributed by atoms with Gasteiger partial charge in [-0.3, -0.25) is 10.1 Å². The van der Waals surface area contributed by atoms with Crippen LogP contribution < -0.4 is 10.6 Å². The fourth-order valence-electron chi connectivity index (χ4n) is 1.58. The Morgan fingerprint density at radius 3 is 2.71 bits per heavy atom. The second-order valence-corrected chi connectivity index (χ2v) is 4.37. The van der Waals surface area contributed by atoms with Gasteiger partial charge in [-0.05, 0) is 42.5 Å². The number of methoxy groups -OCH3 is 1. The summed E-state index contributed by atoms with van der Waals surface area (Å²) in [6, 6.07) is 9.68. The third kappa shape index (κ3) is 3.90. The number of ether oxygens (including phenoxy) is 1. The van der Waals surface area contributed by atoms with Crippen LogP contribution in [0.1, 0.15) is 20.9 Å². The van der Waals surface area contributed by atoms with E-state index in [2.05, 4.69) is 15.4 Å². The monoisotopic (exact) mass is 304 g/mol. The summed E-state index contributed by atoms with van der Waals surface area (Å²) in [6.45, 7) is 0. The highest BCUT2D eigenvalue weighted by molar-refractivity contribution is 7.80. The van der Waals surface area contributed by atoms with Crippen molar-refractivity contribution in [1.82, 2.24) is 5.32 Å².